The first kappa shape index (κ1) is 11.1. The van der Waals surface area contributed by atoms with E-state index < -0.39 is 0 Å². The molecule has 92 valence electrons. The second-order valence-electron chi connectivity index (χ2n) is 5.11. The number of aliphatic hydroxyl groups is 1. The van der Waals surface area contributed by atoms with Crippen LogP contribution < -0.4 is 10.1 Å². The lowest BCUT2D eigenvalue weighted by molar-refractivity contribution is 0.148. The number of hydrogen-bond acceptors (Lipinski definition) is 3. The van der Waals surface area contributed by atoms with Crippen molar-refractivity contribution in [3.05, 3.63) is 29.8 Å². The molecule has 0 spiro atoms. The summed E-state index contributed by atoms with van der Waals surface area (Å²) in [4.78, 5) is 0. The number of benzene rings is 1. The molecule has 3 rings (SSSR count). The van der Waals surface area contributed by atoms with Gasteiger partial charge in [-0.3, -0.25) is 0 Å². The van der Waals surface area contributed by atoms with E-state index in [1.165, 1.54) is 18.4 Å². The van der Waals surface area contributed by atoms with Crippen molar-refractivity contribution in [1.29, 1.82) is 0 Å². The predicted octanol–water partition coefficient (Wildman–Crippen LogP) is 1.52. The molecule has 3 nitrogen and oxygen atoms in total. The molecule has 17 heavy (non-hydrogen) atoms. The monoisotopic (exact) mass is 233 g/mol. The number of nitrogens with one attached hydrogen (secondary N) is 1. The molecule has 1 heterocycles. The van der Waals surface area contributed by atoms with Gasteiger partial charge in [0, 0.05) is 24.6 Å². The van der Waals surface area contributed by atoms with Crippen LogP contribution in [0.25, 0.3) is 0 Å². The zero-order chi connectivity index (χ0) is 11.7. The van der Waals surface area contributed by atoms with Crippen molar-refractivity contribution < 1.29 is 9.84 Å². The highest BCUT2D eigenvalue weighted by Crippen LogP contribution is 2.34. The second kappa shape index (κ2) is 4.67. The number of ether oxygens (including phenoxy) is 1. The van der Waals surface area contributed by atoms with Crippen LogP contribution in [0.2, 0.25) is 0 Å². The number of aliphatic hydroxyl groups excluding tert-OH is 1. The molecule has 0 aromatic heterocycles. The number of fused-ring (bicyclic) bond motifs is 1. The zero-order valence-electron chi connectivity index (χ0n) is 9.93. The summed E-state index contributed by atoms with van der Waals surface area (Å²) in [5.41, 5.74) is 1.29. The summed E-state index contributed by atoms with van der Waals surface area (Å²) in [7, 11) is 0. The first-order chi connectivity index (χ1) is 8.34. The third-order valence-corrected chi connectivity index (χ3v) is 3.71. The lowest BCUT2D eigenvalue weighted by Gasteiger charge is -2.13. The van der Waals surface area contributed by atoms with Crippen LogP contribution in [0.4, 0.5) is 0 Å². The Morgan fingerprint density at radius 2 is 2.18 bits per heavy atom. The molecule has 2 N–H and O–H groups in total. The summed E-state index contributed by atoms with van der Waals surface area (Å²) in [5, 5.41) is 13.1. The maximum atomic E-state index is 9.76. The van der Waals surface area contributed by atoms with E-state index in [9.17, 15) is 5.11 Å². The zero-order valence-corrected chi connectivity index (χ0v) is 9.93. The average molecular weight is 233 g/mol. The van der Waals surface area contributed by atoms with Crippen LogP contribution >= 0.6 is 0 Å². The molecule has 0 radical (unpaired) electrons. The molecule has 0 amide bonds. The van der Waals surface area contributed by atoms with Gasteiger partial charge in [0.2, 0.25) is 0 Å². The van der Waals surface area contributed by atoms with Crippen LogP contribution in [-0.4, -0.2) is 30.9 Å². The third-order valence-electron chi connectivity index (χ3n) is 3.71. The Bertz CT molecular complexity index is 390. The Kier molecular flexibility index (Phi) is 3.04. The molecule has 3 heteroatoms. The van der Waals surface area contributed by atoms with Gasteiger partial charge < -0.3 is 15.2 Å². The highest BCUT2D eigenvalue weighted by atomic mass is 16.5. The molecular formula is C14H19NO2. The van der Waals surface area contributed by atoms with Gasteiger partial charge in [0.05, 0.1) is 12.7 Å². The van der Waals surface area contributed by atoms with E-state index >= 15 is 0 Å². The average Bonchev–Trinajstić information content (AvgIpc) is 3.12. The standard InChI is InChI=1S/C14H19NO2/c16-13(10-5-6-10)8-15-7-11-9-17-14-4-2-1-3-12(11)14/h1-4,10-11,13,15-16H,5-9H2. The molecule has 2 atom stereocenters. The van der Waals surface area contributed by atoms with E-state index in [1.54, 1.807) is 0 Å². The fraction of sp³-hybridized carbons (Fsp3) is 0.571. The summed E-state index contributed by atoms with van der Waals surface area (Å²) in [6.45, 7) is 2.36. The first-order valence-corrected chi connectivity index (χ1v) is 6.45. The van der Waals surface area contributed by atoms with Gasteiger partial charge >= 0.3 is 0 Å². The largest absolute Gasteiger partial charge is 0.493 e. The normalized spacial score (nSPS) is 24.2. The van der Waals surface area contributed by atoms with Crippen LogP contribution in [0.3, 0.4) is 0 Å². The minimum absolute atomic E-state index is 0.160. The van der Waals surface area contributed by atoms with Crippen LogP contribution in [0.5, 0.6) is 5.75 Å². The summed E-state index contributed by atoms with van der Waals surface area (Å²) in [6, 6.07) is 8.21. The van der Waals surface area contributed by atoms with E-state index in [1.807, 2.05) is 12.1 Å². The molecule has 0 saturated heterocycles. The number of para-hydroxylation sites is 1. The lowest BCUT2D eigenvalue weighted by Crippen LogP contribution is -2.31. The SMILES string of the molecule is OC(CNCC1COc2ccccc21)C1CC1. The summed E-state index contributed by atoms with van der Waals surface area (Å²) < 4.78 is 5.63. The van der Waals surface area contributed by atoms with E-state index in [0.29, 0.717) is 18.4 Å². The summed E-state index contributed by atoms with van der Waals surface area (Å²) in [6.07, 6.45) is 2.23. The molecular weight excluding hydrogens is 214 g/mol. The second-order valence-corrected chi connectivity index (χ2v) is 5.11. The van der Waals surface area contributed by atoms with Crippen LogP contribution in [0, 0.1) is 5.92 Å². The molecule has 0 bridgehead atoms. The van der Waals surface area contributed by atoms with Gasteiger partial charge in [-0.15, -0.1) is 0 Å². The van der Waals surface area contributed by atoms with Gasteiger partial charge in [0.15, 0.2) is 0 Å². The van der Waals surface area contributed by atoms with Crippen LogP contribution in [0.1, 0.15) is 24.3 Å². The predicted molar refractivity (Wildman–Crippen MR) is 66.3 cm³/mol. The minimum Gasteiger partial charge on any atom is -0.493 e. The molecule has 1 aromatic carbocycles. The molecule has 1 aromatic rings. The van der Waals surface area contributed by atoms with Crippen molar-refractivity contribution in [2.75, 3.05) is 19.7 Å². The van der Waals surface area contributed by atoms with Crippen molar-refractivity contribution in [2.24, 2.45) is 5.92 Å². The molecule has 1 aliphatic carbocycles. The van der Waals surface area contributed by atoms with Gasteiger partial charge in [-0.05, 0) is 24.8 Å². The van der Waals surface area contributed by atoms with Crippen LogP contribution in [-0.2, 0) is 0 Å². The molecule has 2 aliphatic rings. The summed E-state index contributed by atoms with van der Waals surface area (Å²) >= 11 is 0. The minimum atomic E-state index is -0.160. The Hall–Kier alpha value is -1.06. The van der Waals surface area contributed by atoms with Crippen molar-refractivity contribution in [1.82, 2.24) is 5.32 Å². The Morgan fingerprint density at radius 3 is 3.00 bits per heavy atom. The van der Waals surface area contributed by atoms with Crippen molar-refractivity contribution in [3.63, 3.8) is 0 Å². The number of hydrogen-bond donors (Lipinski definition) is 2. The van der Waals surface area contributed by atoms with Gasteiger partial charge in [0.25, 0.3) is 0 Å². The van der Waals surface area contributed by atoms with Gasteiger partial charge in [-0.25, -0.2) is 0 Å². The topological polar surface area (TPSA) is 41.5 Å². The number of rotatable bonds is 5. The van der Waals surface area contributed by atoms with E-state index in [-0.39, 0.29) is 6.10 Å². The summed E-state index contributed by atoms with van der Waals surface area (Å²) in [5.74, 6) is 1.99. The van der Waals surface area contributed by atoms with E-state index in [2.05, 4.69) is 17.4 Å². The Labute approximate surface area is 102 Å². The van der Waals surface area contributed by atoms with Crippen LogP contribution in [0.15, 0.2) is 24.3 Å². The maximum Gasteiger partial charge on any atom is 0.122 e. The quantitative estimate of drug-likeness (QED) is 0.810. The molecule has 1 saturated carbocycles. The fourth-order valence-corrected chi connectivity index (χ4v) is 2.45. The highest BCUT2D eigenvalue weighted by molar-refractivity contribution is 5.39. The lowest BCUT2D eigenvalue weighted by atomic mass is 10.0. The maximum absolute atomic E-state index is 9.76. The fourth-order valence-electron chi connectivity index (χ4n) is 2.45. The molecule has 1 fully saturated rings. The molecule has 1 aliphatic heterocycles. The van der Waals surface area contributed by atoms with Crippen molar-refractivity contribution >= 4 is 0 Å². The van der Waals surface area contributed by atoms with Gasteiger partial charge in [-0.1, -0.05) is 18.2 Å². The van der Waals surface area contributed by atoms with Crippen molar-refractivity contribution in [2.45, 2.75) is 24.9 Å². The van der Waals surface area contributed by atoms with Gasteiger partial charge in [-0.2, -0.15) is 0 Å². The van der Waals surface area contributed by atoms with Crippen molar-refractivity contribution in [3.8, 4) is 5.75 Å². The smallest absolute Gasteiger partial charge is 0.122 e. The Morgan fingerprint density at radius 1 is 1.35 bits per heavy atom. The van der Waals surface area contributed by atoms with E-state index in [0.717, 1.165) is 18.9 Å². The van der Waals surface area contributed by atoms with E-state index in [4.69, 9.17) is 4.74 Å². The van der Waals surface area contributed by atoms with Gasteiger partial charge in [0.1, 0.15) is 5.75 Å². The third kappa shape index (κ3) is 2.45. The molecule has 2 unspecified atom stereocenters. The Balaban J connectivity index is 1.50. The first-order valence-electron chi connectivity index (χ1n) is 6.45. The highest BCUT2D eigenvalue weighted by Gasteiger charge is 2.30.